The van der Waals surface area contributed by atoms with Crippen molar-refractivity contribution in [2.24, 2.45) is 5.92 Å². The maximum Gasteiger partial charge on any atom is 0.319 e. The molecule has 1 heterocycles. The summed E-state index contributed by atoms with van der Waals surface area (Å²) in [5, 5.41) is 5.81. The molecule has 2 aliphatic rings. The summed E-state index contributed by atoms with van der Waals surface area (Å²) in [5.74, 6) is 0.769. The molecule has 0 radical (unpaired) electrons. The highest BCUT2D eigenvalue weighted by molar-refractivity contribution is 5.89. The molecule has 1 unspecified atom stereocenters. The molecule has 1 saturated carbocycles. The Morgan fingerprint density at radius 2 is 1.95 bits per heavy atom. The summed E-state index contributed by atoms with van der Waals surface area (Å²) in [5.41, 5.74) is 2.11. The molecule has 1 aromatic carbocycles. The van der Waals surface area contributed by atoms with Crippen LogP contribution in [-0.4, -0.2) is 25.2 Å². The molecule has 0 aromatic heterocycles. The fourth-order valence-corrected chi connectivity index (χ4v) is 2.76. The molecular formula is C16H23N3O. The Kier molecular flexibility index (Phi) is 3.81. The molecule has 1 aliphatic carbocycles. The number of benzene rings is 1. The molecule has 1 atom stereocenters. The fraction of sp³-hybridized carbons (Fsp3) is 0.562. The number of nitrogens with zero attached hydrogens (tertiary/aromatic N) is 1. The Balaban J connectivity index is 1.57. The summed E-state index contributed by atoms with van der Waals surface area (Å²) < 4.78 is 0. The second kappa shape index (κ2) is 5.73. The average Bonchev–Trinajstić information content (AvgIpc) is 3.23. The van der Waals surface area contributed by atoms with E-state index in [1.54, 1.807) is 0 Å². The Hall–Kier alpha value is -1.71. The standard InChI is InChI=1S/C16H23N3O/c1-12-3-2-10-19(11-12)15-8-6-14(7-9-15)18-16(20)17-13-4-5-13/h6-9,12-13H,2-5,10-11H2,1H3,(H2,17,18,20). The number of amides is 2. The van der Waals surface area contributed by atoms with Crippen LogP contribution in [0, 0.1) is 5.92 Å². The molecule has 2 fully saturated rings. The number of rotatable bonds is 3. The first-order valence-electron chi connectivity index (χ1n) is 7.63. The van der Waals surface area contributed by atoms with Crippen molar-refractivity contribution in [2.75, 3.05) is 23.3 Å². The van der Waals surface area contributed by atoms with Gasteiger partial charge in [0.1, 0.15) is 0 Å². The lowest BCUT2D eigenvalue weighted by molar-refractivity contribution is 0.251. The molecule has 20 heavy (non-hydrogen) atoms. The van der Waals surface area contributed by atoms with Crippen molar-refractivity contribution in [1.82, 2.24) is 5.32 Å². The van der Waals surface area contributed by atoms with Gasteiger partial charge in [-0.25, -0.2) is 4.79 Å². The number of hydrogen-bond acceptors (Lipinski definition) is 2. The Bertz CT molecular complexity index is 467. The zero-order valence-corrected chi connectivity index (χ0v) is 12.1. The third-order valence-corrected chi connectivity index (χ3v) is 4.06. The number of nitrogens with one attached hydrogen (secondary N) is 2. The highest BCUT2D eigenvalue weighted by Gasteiger charge is 2.23. The van der Waals surface area contributed by atoms with Crippen molar-refractivity contribution >= 4 is 17.4 Å². The van der Waals surface area contributed by atoms with Crippen molar-refractivity contribution in [3.63, 3.8) is 0 Å². The van der Waals surface area contributed by atoms with Gasteiger partial charge in [0.2, 0.25) is 0 Å². The predicted octanol–water partition coefficient (Wildman–Crippen LogP) is 3.21. The van der Waals surface area contributed by atoms with Crippen LogP contribution in [0.4, 0.5) is 16.2 Å². The topological polar surface area (TPSA) is 44.4 Å². The number of hydrogen-bond donors (Lipinski definition) is 2. The van der Waals surface area contributed by atoms with Gasteiger partial charge in [0.15, 0.2) is 0 Å². The van der Waals surface area contributed by atoms with Gasteiger partial charge in [0, 0.05) is 30.5 Å². The normalized spacial score (nSPS) is 22.4. The van der Waals surface area contributed by atoms with Crippen LogP contribution < -0.4 is 15.5 Å². The first kappa shape index (κ1) is 13.3. The summed E-state index contributed by atoms with van der Waals surface area (Å²) in [7, 11) is 0. The van der Waals surface area contributed by atoms with Crippen LogP contribution in [0.1, 0.15) is 32.6 Å². The van der Waals surface area contributed by atoms with Crippen LogP contribution in [-0.2, 0) is 0 Å². The largest absolute Gasteiger partial charge is 0.371 e. The van der Waals surface area contributed by atoms with Gasteiger partial charge in [-0.3, -0.25) is 0 Å². The lowest BCUT2D eigenvalue weighted by Gasteiger charge is -2.32. The molecule has 4 heteroatoms. The quantitative estimate of drug-likeness (QED) is 0.888. The van der Waals surface area contributed by atoms with Crippen molar-refractivity contribution < 1.29 is 4.79 Å². The molecule has 2 amide bonds. The van der Waals surface area contributed by atoms with E-state index in [2.05, 4.69) is 34.6 Å². The van der Waals surface area contributed by atoms with Crippen LogP contribution >= 0.6 is 0 Å². The number of carbonyl (C=O) groups is 1. The molecule has 1 aromatic rings. The molecule has 108 valence electrons. The molecular weight excluding hydrogens is 250 g/mol. The fourth-order valence-electron chi connectivity index (χ4n) is 2.76. The van der Waals surface area contributed by atoms with E-state index < -0.39 is 0 Å². The van der Waals surface area contributed by atoms with E-state index in [1.165, 1.54) is 18.5 Å². The summed E-state index contributed by atoms with van der Waals surface area (Å²) in [4.78, 5) is 14.1. The smallest absolute Gasteiger partial charge is 0.319 e. The van der Waals surface area contributed by atoms with Gasteiger partial charge >= 0.3 is 6.03 Å². The predicted molar refractivity (Wildman–Crippen MR) is 82.2 cm³/mol. The monoisotopic (exact) mass is 273 g/mol. The lowest BCUT2D eigenvalue weighted by Crippen LogP contribution is -2.34. The number of urea groups is 1. The second-order valence-corrected chi connectivity index (χ2v) is 6.11. The van der Waals surface area contributed by atoms with Gasteiger partial charge in [-0.05, 0) is 55.9 Å². The Morgan fingerprint density at radius 1 is 1.20 bits per heavy atom. The van der Waals surface area contributed by atoms with Crippen LogP contribution in [0.25, 0.3) is 0 Å². The molecule has 4 nitrogen and oxygen atoms in total. The van der Waals surface area contributed by atoms with Crippen LogP contribution in [0.2, 0.25) is 0 Å². The number of piperidine rings is 1. The van der Waals surface area contributed by atoms with Crippen LogP contribution in [0.5, 0.6) is 0 Å². The minimum atomic E-state index is -0.0909. The summed E-state index contributed by atoms with van der Waals surface area (Å²) in [6.45, 7) is 4.58. The Labute approximate surface area is 120 Å². The van der Waals surface area contributed by atoms with E-state index in [0.717, 1.165) is 37.5 Å². The van der Waals surface area contributed by atoms with Gasteiger partial charge in [-0.1, -0.05) is 6.92 Å². The lowest BCUT2D eigenvalue weighted by atomic mass is 10.00. The van der Waals surface area contributed by atoms with Gasteiger partial charge in [-0.15, -0.1) is 0 Å². The summed E-state index contributed by atoms with van der Waals surface area (Å²) in [6.07, 6.45) is 4.82. The number of anilines is 2. The molecule has 1 saturated heterocycles. The molecule has 2 N–H and O–H groups in total. The van der Waals surface area contributed by atoms with Crippen molar-refractivity contribution in [1.29, 1.82) is 0 Å². The third kappa shape index (κ3) is 3.44. The summed E-state index contributed by atoms with van der Waals surface area (Å²) >= 11 is 0. The molecule has 0 bridgehead atoms. The number of carbonyl (C=O) groups excluding carboxylic acids is 1. The first-order chi connectivity index (χ1) is 9.70. The first-order valence-corrected chi connectivity index (χ1v) is 7.63. The van der Waals surface area contributed by atoms with Gasteiger partial charge in [0.05, 0.1) is 0 Å². The van der Waals surface area contributed by atoms with E-state index in [0.29, 0.717) is 6.04 Å². The minimum absolute atomic E-state index is 0.0909. The SMILES string of the molecule is CC1CCCN(c2ccc(NC(=O)NC3CC3)cc2)C1. The maximum atomic E-state index is 11.7. The van der Waals surface area contributed by atoms with Gasteiger partial charge < -0.3 is 15.5 Å². The zero-order chi connectivity index (χ0) is 13.9. The van der Waals surface area contributed by atoms with Gasteiger partial charge in [0.25, 0.3) is 0 Å². The van der Waals surface area contributed by atoms with Crippen molar-refractivity contribution in [3.8, 4) is 0 Å². The van der Waals surface area contributed by atoms with Gasteiger partial charge in [-0.2, -0.15) is 0 Å². The van der Waals surface area contributed by atoms with Crippen molar-refractivity contribution in [3.05, 3.63) is 24.3 Å². The second-order valence-electron chi connectivity index (χ2n) is 6.11. The summed E-state index contributed by atoms with van der Waals surface area (Å²) in [6, 6.07) is 8.48. The van der Waals surface area contributed by atoms with Crippen molar-refractivity contribution in [2.45, 2.75) is 38.6 Å². The van der Waals surface area contributed by atoms with E-state index in [9.17, 15) is 4.79 Å². The zero-order valence-electron chi connectivity index (χ0n) is 12.1. The van der Waals surface area contributed by atoms with Crippen LogP contribution in [0.3, 0.4) is 0 Å². The Morgan fingerprint density at radius 3 is 2.60 bits per heavy atom. The van der Waals surface area contributed by atoms with E-state index in [4.69, 9.17) is 0 Å². The molecule has 0 spiro atoms. The highest BCUT2D eigenvalue weighted by atomic mass is 16.2. The molecule has 3 rings (SSSR count). The van der Waals surface area contributed by atoms with E-state index >= 15 is 0 Å². The third-order valence-electron chi connectivity index (χ3n) is 4.06. The van der Waals surface area contributed by atoms with E-state index in [1.807, 2.05) is 12.1 Å². The maximum absolute atomic E-state index is 11.7. The molecule has 1 aliphatic heterocycles. The highest BCUT2D eigenvalue weighted by Crippen LogP contribution is 2.24. The minimum Gasteiger partial charge on any atom is -0.371 e. The average molecular weight is 273 g/mol. The van der Waals surface area contributed by atoms with Crippen LogP contribution in [0.15, 0.2) is 24.3 Å². The van der Waals surface area contributed by atoms with E-state index in [-0.39, 0.29) is 6.03 Å².